The van der Waals surface area contributed by atoms with Gasteiger partial charge in [0, 0.05) is 24.9 Å². The molecule has 0 amide bonds. The van der Waals surface area contributed by atoms with E-state index in [1.165, 1.54) is 9.08 Å². The highest BCUT2D eigenvalue weighted by Crippen LogP contribution is 2.17. The third-order valence-corrected chi connectivity index (χ3v) is 3.43. The SMILES string of the molecule is O=c1c2ccnn2ccn1CC(O)C1CCOC1. The lowest BCUT2D eigenvalue weighted by atomic mass is 10.0. The Hall–Kier alpha value is -1.66. The van der Waals surface area contributed by atoms with Crippen molar-refractivity contribution in [2.24, 2.45) is 5.92 Å². The number of hydrogen-bond donors (Lipinski definition) is 1. The minimum Gasteiger partial charge on any atom is -0.391 e. The van der Waals surface area contributed by atoms with Gasteiger partial charge in [0.25, 0.3) is 5.56 Å². The van der Waals surface area contributed by atoms with Crippen molar-refractivity contribution in [2.75, 3.05) is 13.2 Å². The van der Waals surface area contributed by atoms with Crippen LogP contribution in [-0.4, -0.2) is 38.6 Å². The topological polar surface area (TPSA) is 68.8 Å². The minimum absolute atomic E-state index is 0.123. The Bertz CT molecular complexity index is 598. The highest BCUT2D eigenvalue weighted by atomic mass is 16.5. The molecule has 2 aromatic heterocycles. The van der Waals surface area contributed by atoms with Gasteiger partial charge in [0.05, 0.1) is 25.5 Å². The summed E-state index contributed by atoms with van der Waals surface area (Å²) in [5, 5.41) is 14.1. The number of aromatic nitrogens is 3. The van der Waals surface area contributed by atoms with Crippen LogP contribution in [0.3, 0.4) is 0 Å². The van der Waals surface area contributed by atoms with E-state index in [1.807, 2.05) is 0 Å². The molecule has 1 N–H and O–H groups in total. The Labute approximate surface area is 103 Å². The summed E-state index contributed by atoms with van der Waals surface area (Å²) in [6.07, 6.45) is 5.26. The number of rotatable bonds is 3. The van der Waals surface area contributed by atoms with Crippen molar-refractivity contribution in [1.29, 1.82) is 0 Å². The van der Waals surface area contributed by atoms with Crippen LogP contribution in [0.4, 0.5) is 0 Å². The van der Waals surface area contributed by atoms with Crippen LogP contribution in [0.2, 0.25) is 0 Å². The van der Waals surface area contributed by atoms with E-state index in [9.17, 15) is 9.90 Å². The van der Waals surface area contributed by atoms with Crippen molar-refractivity contribution in [1.82, 2.24) is 14.2 Å². The first kappa shape index (κ1) is 11.4. The fourth-order valence-electron chi connectivity index (χ4n) is 2.31. The molecule has 0 aromatic carbocycles. The van der Waals surface area contributed by atoms with Gasteiger partial charge in [-0.3, -0.25) is 4.79 Å². The molecule has 6 heteroatoms. The van der Waals surface area contributed by atoms with Gasteiger partial charge in [-0.1, -0.05) is 0 Å². The number of aliphatic hydroxyl groups is 1. The molecule has 0 spiro atoms. The Morgan fingerprint density at radius 2 is 2.44 bits per heavy atom. The maximum Gasteiger partial charge on any atom is 0.276 e. The van der Waals surface area contributed by atoms with E-state index in [4.69, 9.17) is 4.74 Å². The molecule has 1 aliphatic rings. The standard InChI is InChI=1S/C12H15N3O3/c16-11(9-2-6-18-8-9)7-14-4-5-15-10(12(14)17)1-3-13-15/h1,3-5,9,11,16H,2,6-8H2. The molecule has 6 nitrogen and oxygen atoms in total. The van der Waals surface area contributed by atoms with Crippen LogP contribution in [0.15, 0.2) is 29.5 Å². The number of ether oxygens (including phenoxy) is 1. The van der Waals surface area contributed by atoms with Gasteiger partial charge in [0.2, 0.25) is 0 Å². The Morgan fingerprint density at radius 1 is 1.56 bits per heavy atom. The molecule has 1 fully saturated rings. The summed E-state index contributed by atoms with van der Waals surface area (Å²) in [7, 11) is 0. The second-order valence-electron chi connectivity index (χ2n) is 4.61. The van der Waals surface area contributed by atoms with Gasteiger partial charge in [0.1, 0.15) is 5.52 Å². The van der Waals surface area contributed by atoms with E-state index in [0.717, 1.165) is 6.42 Å². The van der Waals surface area contributed by atoms with Crippen molar-refractivity contribution in [3.8, 4) is 0 Å². The molecule has 96 valence electrons. The molecule has 2 unspecified atom stereocenters. The van der Waals surface area contributed by atoms with E-state index in [0.29, 0.717) is 25.3 Å². The van der Waals surface area contributed by atoms with Gasteiger partial charge in [-0.05, 0) is 12.5 Å². The van der Waals surface area contributed by atoms with Crippen LogP contribution in [0.1, 0.15) is 6.42 Å². The first-order valence-electron chi connectivity index (χ1n) is 6.04. The average molecular weight is 249 g/mol. The van der Waals surface area contributed by atoms with Crippen molar-refractivity contribution in [3.63, 3.8) is 0 Å². The Morgan fingerprint density at radius 3 is 3.22 bits per heavy atom. The number of hydrogen-bond acceptors (Lipinski definition) is 4. The lowest BCUT2D eigenvalue weighted by Crippen LogP contribution is -2.32. The van der Waals surface area contributed by atoms with Gasteiger partial charge >= 0.3 is 0 Å². The van der Waals surface area contributed by atoms with Crippen molar-refractivity contribution in [3.05, 3.63) is 35.0 Å². The maximum atomic E-state index is 12.1. The molecule has 2 atom stereocenters. The normalized spacial score (nSPS) is 21.5. The van der Waals surface area contributed by atoms with E-state index in [2.05, 4.69) is 5.10 Å². The molecule has 1 saturated heterocycles. The predicted octanol–water partition coefficient (Wildman–Crippen LogP) is -0.107. The zero-order chi connectivity index (χ0) is 12.5. The van der Waals surface area contributed by atoms with Gasteiger partial charge in [-0.2, -0.15) is 5.10 Å². The maximum absolute atomic E-state index is 12.1. The summed E-state index contributed by atoms with van der Waals surface area (Å²) in [6.45, 7) is 1.57. The highest BCUT2D eigenvalue weighted by Gasteiger charge is 2.24. The molecule has 0 bridgehead atoms. The van der Waals surface area contributed by atoms with Gasteiger partial charge in [-0.25, -0.2) is 4.52 Å². The summed E-state index contributed by atoms with van der Waals surface area (Å²) >= 11 is 0. The molecule has 2 aromatic rings. The molecule has 18 heavy (non-hydrogen) atoms. The predicted molar refractivity (Wildman–Crippen MR) is 64.4 cm³/mol. The smallest absolute Gasteiger partial charge is 0.276 e. The lowest BCUT2D eigenvalue weighted by molar-refractivity contribution is 0.0770. The van der Waals surface area contributed by atoms with Crippen LogP contribution in [0.25, 0.3) is 5.52 Å². The first-order valence-corrected chi connectivity index (χ1v) is 6.04. The lowest BCUT2D eigenvalue weighted by Gasteiger charge is -2.17. The zero-order valence-corrected chi connectivity index (χ0v) is 9.90. The van der Waals surface area contributed by atoms with Gasteiger partial charge in [-0.15, -0.1) is 0 Å². The fraction of sp³-hybridized carbons (Fsp3) is 0.500. The number of aliphatic hydroxyl groups excluding tert-OH is 1. The summed E-state index contributed by atoms with van der Waals surface area (Å²) in [5.41, 5.74) is 0.389. The molecule has 0 radical (unpaired) electrons. The zero-order valence-electron chi connectivity index (χ0n) is 9.90. The first-order chi connectivity index (χ1) is 8.75. The largest absolute Gasteiger partial charge is 0.391 e. The van der Waals surface area contributed by atoms with E-state index in [-0.39, 0.29) is 11.5 Å². The number of nitrogens with zero attached hydrogens (tertiary/aromatic N) is 3. The molecule has 0 aliphatic carbocycles. The number of fused-ring (bicyclic) bond motifs is 1. The second-order valence-corrected chi connectivity index (χ2v) is 4.61. The molecular formula is C12H15N3O3. The van der Waals surface area contributed by atoms with Crippen LogP contribution in [0.5, 0.6) is 0 Å². The van der Waals surface area contributed by atoms with E-state index >= 15 is 0 Å². The quantitative estimate of drug-likeness (QED) is 0.824. The summed E-state index contributed by atoms with van der Waals surface area (Å²) in [5.74, 6) is 0.123. The Kier molecular flexibility index (Phi) is 2.89. The molecule has 0 saturated carbocycles. The minimum atomic E-state index is -0.546. The third-order valence-electron chi connectivity index (χ3n) is 3.43. The average Bonchev–Trinajstić information content (AvgIpc) is 3.02. The van der Waals surface area contributed by atoms with Gasteiger partial charge in [0.15, 0.2) is 0 Å². The van der Waals surface area contributed by atoms with Crippen molar-refractivity contribution in [2.45, 2.75) is 19.1 Å². The molecular weight excluding hydrogens is 234 g/mol. The third kappa shape index (κ3) is 1.93. The monoisotopic (exact) mass is 249 g/mol. The van der Waals surface area contributed by atoms with E-state index in [1.54, 1.807) is 24.7 Å². The summed E-state index contributed by atoms with van der Waals surface area (Å²) in [6, 6.07) is 1.67. The summed E-state index contributed by atoms with van der Waals surface area (Å²) < 4.78 is 8.30. The molecule has 3 heterocycles. The van der Waals surface area contributed by atoms with Gasteiger partial charge < -0.3 is 14.4 Å². The van der Waals surface area contributed by atoms with Crippen LogP contribution in [0, 0.1) is 5.92 Å². The van der Waals surface area contributed by atoms with E-state index < -0.39 is 6.10 Å². The second kappa shape index (κ2) is 4.55. The Balaban J connectivity index is 1.85. The van der Waals surface area contributed by atoms with Crippen LogP contribution >= 0.6 is 0 Å². The fourth-order valence-corrected chi connectivity index (χ4v) is 2.31. The summed E-state index contributed by atoms with van der Waals surface area (Å²) in [4.78, 5) is 12.1. The molecule has 1 aliphatic heterocycles. The van der Waals surface area contributed by atoms with Crippen molar-refractivity contribution < 1.29 is 9.84 Å². The van der Waals surface area contributed by atoms with Crippen LogP contribution < -0.4 is 5.56 Å². The van der Waals surface area contributed by atoms with Crippen LogP contribution in [-0.2, 0) is 11.3 Å². The molecule has 3 rings (SSSR count). The highest BCUT2D eigenvalue weighted by molar-refractivity contribution is 5.42. The van der Waals surface area contributed by atoms with Crippen molar-refractivity contribution >= 4 is 5.52 Å².